The lowest BCUT2D eigenvalue weighted by Crippen LogP contribution is -2.38. The summed E-state index contributed by atoms with van der Waals surface area (Å²) in [6.45, 7) is 0. The SMILES string of the molecule is COc1ccc(/C=N\N=C2\C=NNC(=O)C2Br)cc1OC. The quantitative estimate of drug-likeness (QED) is 0.504. The molecule has 0 bridgehead atoms. The van der Waals surface area contributed by atoms with E-state index in [0.717, 1.165) is 5.56 Å². The predicted octanol–water partition coefficient (Wildman–Crippen LogP) is 1.36. The Hall–Kier alpha value is -2.22. The van der Waals surface area contributed by atoms with Crippen LogP contribution in [-0.2, 0) is 4.79 Å². The monoisotopic (exact) mass is 352 g/mol. The first-order valence-corrected chi connectivity index (χ1v) is 6.87. The van der Waals surface area contributed by atoms with Gasteiger partial charge in [0.1, 0.15) is 10.5 Å². The Morgan fingerprint density at radius 3 is 2.81 bits per heavy atom. The normalized spacial score (nSPS) is 19.9. The van der Waals surface area contributed by atoms with E-state index in [9.17, 15) is 4.79 Å². The molecule has 1 aliphatic heterocycles. The van der Waals surface area contributed by atoms with E-state index in [1.807, 2.05) is 6.07 Å². The van der Waals surface area contributed by atoms with Gasteiger partial charge < -0.3 is 9.47 Å². The molecule has 1 aromatic carbocycles. The number of hydrazone groups is 1. The number of hydrogen-bond acceptors (Lipinski definition) is 6. The van der Waals surface area contributed by atoms with E-state index in [0.29, 0.717) is 17.2 Å². The average Bonchev–Trinajstić information content (AvgIpc) is 2.51. The van der Waals surface area contributed by atoms with Crippen molar-refractivity contribution in [1.82, 2.24) is 5.43 Å². The molecule has 1 amide bonds. The molecule has 110 valence electrons. The maximum absolute atomic E-state index is 11.4. The Morgan fingerprint density at radius 2 is 2.10 bits per heavy atom. The lowest BCUT2D eigenvalue weighted by atomic mass is 10.2. The van der Waals surface area contributed by atoms with Crippen molar-refractivity contribution in [2.45, 2.75) is 4.83 Å². The summed E-state index contributed by atoms with van der Waals surface area (Å²) in [5.74, 6) is 0.959. The van der Waals surface area contributed by atoms with E-state index in [-0.39, 0.29) is 5.91 Å². The molecule has 1 unspecified atom stereocenters. The number of ether oxygens (including phenoxy) is 2. The van der Waals surface area contributed by atoms with Crippen LogP contribution in [0.2, 0.25) is 0 Å². The molecule has 1 N–H and O–H groups in total. The molecule has 0 saturated carbocycles. The molecule has 0 spiro atoms. The van der Waals surface area contributed by atoms with E-state index in [4.69, 9.17) is 9.47 Å². The summed E-state index contributed by atoms with van der Waals surface area (Å²) in [5.41, 5.74) is 3.54. The third-order valence-electron chi connectivity index (χ3n) is 2.65. The summed E-state index contributed by atoms with van der Waals surface area (Å²) < 4.78 is 10.4. The van der Waals surface area contributed by atoms with Crippen molar-refractivity contribution in [1.29, 1.82) is 0 Å². The summed E-state index contributed by atoms with van der Waals surface area (Å²) in [6.07, 6.45) is 2.99. The molecule has 0 fully saturated rings. The van der Waals surface area contributed by atoms with Crippen LogP contribution in [0.4, 0.5) is 0 Å². The molecule has 7 nitrogen and oxygen atoms in total. The Bertz CT molecular complexity index is 628. The fraction of sp³-hybridized carbons (Fsp3) is 0.231. The fourth-order valence-electron chi connectivity index (χ4n) is 1.59. The zero-order valence-electron chi connectivity index (χ0n) is 11.4. The molecule has 0 aromatic heterocycles. The van der Waals surface area contributed by atoms with Crippen molar-refractivity contribution < 1.29 is 14.3 Å². The van der Waals surface area contributed by atoms with Gasteiger partial charge >= 0.3 is 0 Å². The second kappa shape index (κ2) is 6.98. The highest BCUT2D eigenvalue weighted by Gasteiger charge is 2.23. The number of rotatable bonds is 4. The molecule has 1 aromatic rings. The number of benzene rings is 1. The molecular weight excluding hydrogens is 340 g/mol. The third kappa shape index (κ3) is 3.66. The number of carbonyl (C=O) groups excluding carboxylic acids is 1. The Kier molecular flexibility index (Phi) is 5.04. The second-order valence-electron chi connectivity index (χ2n) is 3.98. The molecule has 1 atom stereocenters. The lowest BCUT2D eigenvalue weighted by Gasteiger charge is -2.10. The van der Waals surface area contributed by atoms with E-state index < -0.39 is 4.83 Å². The van der Waals surface area contributed by atoms with Crippen LogP contribution in [0.15, 0.2) is 33.5 Å². The van der Waals surface area contributed by atoms with Crippen LogP contribution in [0.25, 0.3) is 0 Å². The van der Waals surface area contributed by atoms with Crippen LogP contribution in [0.1, 0.15) is 5.56 Å². The fourth-order valence-corrected chi connectivity index (χ4v) is 1.90. The maximum Gasteiger partial charge on any atom is 0.260 e. The number of methoxy groups -OCH3 is 2. The molecule has 0 saturated heterocycles. The van der Waals surface area contributed by atoms with Gasteiger partial charge in [-0.05, 0) is 23.8 Å². The van der Waals surface area contributed by atoms with Crippen LogP contribution in [0, 0.1) is 0 Å². The van der Waals surface area contributed by atoms with Crippen LogP contribution in [0.5, 0.6) is 11.5 Å². The number of hydrogen-bond donors (Lipinski definition) is 1. The van der Waals surface area contributed by atoms with E-state index in [2.05, 4.69) is 36.7 Å². The van der Waals surface area contributed by atoms with Crippen LogP contribution < -0.4 is 14.9 Å². The largest absolute Gasteiger partial charge is 0.493 e. The van der Waals surface area contributed by atoms with Crippen molar-refractivity contribution in [3.8, 4) is 11.5 Å². The van der Waals surface area contributed by atoms with Gasteiger partial charge in [0.05, 0.1) is 26.6 Å². The molecule has 1 heterocycles. The highest BCUT2D eigenvalue weighted by Crippen LogP contribution is 2.26. The number of carbonyl (C=O) groups is 1. The molecule has 8 heteroatoms. The second-order valence-corrected chi connectivity index (χ2v) is 4.90. The highest BCUT2D eigenvalue weighted by molar-refractivity contribution is 9.10. The van der Waals surface area contributed by atoms with Gasteiger partial charge in [-0.3, -0.25) is 4.79 Å². The highest BCUT2D eigenvalue weighted by atomic mass is 79.9. The topological polar surface area (TPSA) is 84.6 Å². The van der Waals surface area contributed by atoms with Crippen LogP contribution in [-0.4, -0.2) is 43.1 Å². The summed E-state index contributed by atoms with van der Waals surface area (Å²) in [4.78, 5) is 10.8. The Balaban J connectivity index is 2.16. The molecule has 0 aliphatic carbocycles. The van der Waals surface area contributed by atoms with E-state index >= 15 is 0 Å². The van der Waals surface area contributed by atoms with Crippen LogP contribution >= 0.6 is 15.9 Å². The molecular formula is C13H13BrN4O3. The standard InChI is InChI=1S/C13H13BrN4O3/c1-20-10-4-3-8(5-11(10)21-2)6-15-17-9-7-16-18-13(19)12(9)14/h3-7,12H,1-2H3,(H,18,19)/b15-6-,17-9-. The minimum Gasteiger partial charge on any atom is -0.493 e. The lowest BCUT2D eigenvalue weighted by molar-refractivity contribution is -0.119. The zero-order chi connectivity index (χ0) is 15.2. The van der Waals surface area contributed by atoms with Gasteiger partial charge in [0.15, 0.2) is 11.5 Å². The van der Waals surface area contributed by atoms with Crippen molar-refractivity contribution in [3.63, 3.8) is 0 Å². The summed E-state index contributed by atoms with van der Waals surface area (Å²) in [7, 11) is 3.13. The molecule has 2 rings (SSSR count). The maximum atomic E-state index is 11.4. The van der Waals surface area contributed by atoms with E-state index in [1.165, 1.54) is 6.21 Å². The summed E-state index contributed by atoms with van der Waals surface area (Å²) in [5, 5.41) is 11.6. The number of nitrogens with one attached hydrogen (secondary N) is 1. The van der Waals surface area contributed by atoms with Crippen molar-refractivity contribution in [2.24, 2.45) is 15.3 Å². The van der Waals surface area contributed by atoms with Crippen molar-refractivity contribution in [3.05, 3.63) is 23.8 Å². The van der Waals surface area contributed by atoms with Crippen molar-refractivity contribution >= 4 is 40.0 Å². The Labute approximate surface area is 129 Å². The summed E-state index contributed by atoms with van der Waals surface area (Å²) >= 11 is 3.20. The van der Waals surface area contributed by atoms with Gasteiger partial charge in [0.25, 0.3) is 5.91 Å². The first kappa shape index (κ1) is 15.2. The number of amides is 1. The average molecular weight is 353 g/mol. The van der Waals surface area contributed by atoms with Crippen molar-refractivity contribution in [2.75, 3.05) is 14.2 Å². The number of halogens is 1. The number of nitrogens with zero attached hydrogens (tertiary/aromatic N) is 3. The van der Waals surface area contributed by atoms with Gasteiger partial charge in [-0.25, -0.2) is 5.43 Å². The van der Waals surface area contributed by atoms with Gasteiger partial charge in [-0.15, -0.1) is 0 Å². The smallest absolute Gasteiger partial charge is 0.260 e. The third-order valence-corrected chi connectivity index (χ3v) is 3.53. The van der Waals surface area contributed by atoms with Gasteiger partial charge in [-0.2, -0.15) is 15.3 Å². The molecule has 21 heavy (non-hydrogen) atoms. The Morgan fingerprint density at radius 1 is 1.33 bits per heavy atom. The van der Waals surface area contributed by atoms with Crippen LogP contribution in [0.3, 0.4) is 0 Å². The minimum absolute atomic E-state index is 0.280. The predicted molar refractivity (Wildman–Crippen MR) is 83.9 cm³/mol. The van der Waals surface area contributed by atoms with Gasteiger partial charge in [0.2, 0.25) is 0 Å². The first-order valence-electron chi connectivity index (χ1n) is 5.95. The molecule has 0 radical (unpaired) electrons. The van der Waals surface area contributed by atoms with E-state index in [1.54, 1.807) is 32.6 Å². The van der Waals surface area contributed by atoms with Gasteiger partial charge in [0, 0.05) is 0 Å². The zero-order valence-corrected chi connectivity index (χ0v) is 13.0. The number of alkyl halides is 1. The molecule has 1 aliphatic rings. The minimum atomic E-state index is -0.558. The van der Waals surface area contributed by atoms with Gasteiger partial charge in [-0.1, -0.05) is 15.9 Å². The summed E-state index contributed by atoms with van der Waals surface area (Å²) in [6, 6.07) is 5.37. The first-order chi connectivity index (χ1) is 10.2.